The number of carbonyl (C=O) groups excluding carboxylic acids is 1. The lowest BCUT2D eigenvalue weighted by Gasteiger charge is -2.33. The predicted molar refractivity (Wildman–Crippen MR) is 94.4 cm³/mol. The minimum Gasteiger partial charge on any atom is -0.392 e. The molecule has 1 aromatic carbocycles. The molecule has 0 radical (unpaired) electrons. The van der Waals surface area contributed by atoms with Gasteiger partial charge in [-0.05, 0) is 24.5 Å². The lowest BCUT2D eigenvalue weighted by Crippen LogP contribution is -2.44. The monoisotopic (exact) mass is 316 g/mol. The van der Waals surface area contributed by atoms with Gasteiger partial charge in [-0.1, -0.05) is 45.9 Å². The summed E-state index contributed by atoms with van der Waals surface area (Å²) in [5, 5.41) is 14.3. The topological polar surface area (TPSA) is 65.1 Å². The Balaban J connectivity index is 2.03. The van der Waals surface area contributed by atoms with Crippen molar-refractivity contribution in [2.45, 2.75) is 47.1 Å². The number of fused-ring (bicyclic) bond motifs is 1. The third kappa shape index (κ3) is 3.94. The molecule has 0 aliphatic rings. The number of aliphatic hydroxyl groups excluding tert-OH is 1. The maximum atomic E-state index is 12.3. The minimum absolute atomic E-state index is 0.0121. The molecule has 4 nitrogen and oxygen atoms in total. The van der Waals surface area contributed by atoms with Crippen LogP contribution in [0.15, 0.2) is 24.3 Å². The quantitative estimate of drug-likeness (QED) is 0.766. The maximum absolute atomic E-state index is 12.3. The number of aromatic amines is 1. The number of aryl methyl sites for hydroxylation is 1. The van der Waals surface area contributed by atoms with E-state index in [4.69, 9.17) is 0 Å². The summed E-state index contributed by atoms with van der Waals surface area (Å²) in [5.74, 6) is 0.152. The van der Waals surface area contributed by atoms with Gasteiger partial charge in [-0.25, -0.2) is 0 Å². The molecule has 1 unspecified atom stereocenters. The molecule has 1 atom stereocenters. The Bertz CT molecular complexity index is 686. The third-order valence-corrected chi connectivity index (χ3v) is 4.54. The molecule has 2 rings (SSSR count). The largest absolute Gasteiger partial charge is 0.392 e. The van der Waals surface area contributed by atoms with Gasteiger partial charge in [-0.3, -0.25) is 4.79 Å². The molecule has 3 N–H and O–H groups in total. The van der Waals surface area contributed by atoms with Crippen LogP contribution >= 0.6 is 0 Å². The molecular formula is C19H28N2O2. The summed E-state index contributed by atoms with van der Waals surface area (Å²) in [6, 6.07) is 8.02. The SMILES string of the molecule is Cc1[nH]c2ccccc2c1CC(=O)NCC(C)(C)C(O)C(C)C. The number of hydrogen-bond donors (Lipinski definition) is 3. The summed E-state index contributed by atoms with van der Waals surface area (Å²) >= 11 is 0. The van der Waals surface area contributed by atoms with E-state index < -0.39 is 6.10 Å². The summed E-state index contributed by atoms with van der Waals surface area (Å²) in [6.45, 7) is 10.4. The third-order valence-electron chi connectivity index (χ3n) is 4.54. The average Bonchev–Trinajstić information content (AvgIpc) is 2.80. The van der Waals surface area contributed by atoms with Crippen molar-refractivity contribution in [1.82, 2.24) is 10.3 Å². The highest BCUT2D eigenvalue weighted by atomic mass is 16.3. The van der Waals surface area contributed by atoms with Crippen LogP contribution < -0.4 is 5.32 Å². The lowest BCUT2D eigenvalue weighted by molar-refractivity contribution is -0.121. The van der Waals surface area contributed by atoms with E-state index in [1.807, 2.05) is 58.9 Å². The Morgan fingerprint density at radius 3 is 2.61 bits per heavy atom. The number of carbonyl (C=O) groups is 1. The number of nitrogens with one attached hydrogen (secondary N) is 2. The van der Waals surface area contributed by atoms with E-state index in [2.05, 4.69) is 10.3 Å². The van der Waals surface area contributed by atoms with Crippen LogP contribution in [0.2, 0.25) is 0 Å². The van der Waals surface area contributed by atoms with Crippen LogP contribution in [-0.4, -0.2) is 28.6 Å². The van der Waals surface area contributed by atoms with E-state index in [1.165, 1.54) is 0 Å². The van der Waals surface area contributed by atoms with E-state index in [0.717, 1.165) is 22.2 Å². The number of H-pyrrole nitrogens is 1. The number of hydrogen-bond acceptors (Lipinski definition) is 2. The normalized spacial score (nSPS) is 13.5. The molecule has 0 aliphatic heterocycles. The Labute approximate surface area is 138 Å². The lowest BCUT2D eigenvalue weighted by atomic mass is 9.80. The number of para-hydroxylation sites is 1. The van der Waals surface area contributed by atoms with E-state index in [9.17, 15) is 9.90 Å². The van der Waals surface area contributed by atoms with Crippen molar-refractivity contribution in [3.63, 3.8) is 0 Å². The van der Waals surface area contributed by atoms with Crippen LogP contribution in [0.5, 0.6) is 0 Å². The van der Waals surface area contributed by atoms with Gasteiger partial charge in [0.1, 0.15) is 0 Å². The number of amides is 1. The molecular weight excluding hydrogens is 288 g/mol. The fraction of sp³-hybridized carbons (Fsp3) is 0.526. The molecule has 0 saturated carbocycles. The highest BCUT2D eigenvalue weighted by Crippen LogP contribution is 2.25. The second-order valence-electron chi connectivity index (χ2n) is 7.41. The summed E-state index contributed by atoms with van der Waals surface area (Å²) in [6.07, 6.45) is -0.0958. The van der Waals surface area contributed by atoms with Crippen LogP contribution in [0.25, 0.3) is 10.9 Å². The molecule has 23 heavy (non-hydrogen) atoms. The summed E-state index contributed by atoms with van der Waals surface area (Å²) in [7, 11) is 0. The van der Waals surface area contributed by atoms with Crippen molar-refractivity contribution in [1.29, 1.82) is 0 Å². The van der Waals surface area contributed by atoms with Crippen molar-refractivity contribution in [3.05, 3.63) is 35.5 Å². The second kappa shape index (κ2) is 6.75. The highest BCUT2D eigenvalue weighted by molar-refractivity contribution is 5.90. The van der Waals surface area contributed by atoms with Crippen molar-refractivity contribution in [2.24, 2.45) is 11.3 Å². The van der Waals surface area contributed by atoms with Crippen molar-refractivity contribution >= 4 is 16.8 Å². The molecule has 0 aliphatic carbocycles. The first kappa shape index (κ1) is 17.5. The van der Waals surface area contributed by atoms with Gasteiger partial charge in [0.2, 0.25) is 5.91 Å². The second-order valence-corrected chi connectivity index (χ2v) is 7.41. The standard InChI is InChI=1S/C19H28N2O2/c1-12(2)18(23)19(4,5)11-20-17(22)10-15-13(3)21-16-9-7-6-8-14(15)16/h6-9,12,18,21,23H,10-11H2,1-5H3,(H,20,22). The molecule has 0 fully saturated rings. The Kier molecular flexibility index (Phi) is 5.15. The molecule has 0 spiro atoms. The van der Waals surface area contributed by atoms with Crippen LogP contribution in [0.4, 0.5) is 0 Å². The summed E-state index contributed by atoms with van der Waals surface area (Å²) in [4.78, 5) is 15.7. The van der Waals surface area contributed by atoms with E-state index in [0.29, 0.717) is 13.0 Å². The van der Waals surface area contributed by atoms with E-state index in [1.54, 1.807) is 0 Å². The number of aromatic nitrogens is 1. The summed E-state index contributed by atoms with van der Waals surface area (Å²) in [5.41, 5.74) is 2.78. The van der Waals surface area contributed by atoms with Crippen LogP contribution in [-0.2, 0) is 11.2 Å². The van der Waals surface area contributed by atoms with Crippen LogP contribution in [0.1, 0.15) is 39.0 Å². The first-order chi connectivity index (χ1) is 10.7. The van der Waals surface area contributed by atoms with Gasteiger partial charge in [-0.15, -0.1) is 0 Å². The summed E-state index contributed by atoms with van der Waals surface area (Å²) < 4.78 is 0. The van der Waals surface area contributed by atoms with Crippen molar-refractivity contribution < 1.29 is 9.90 Å². The van der Waals surface area contributed by atoms with Gasteiger partial charge in [0.15, 0.2) is 0 Å². The van der Waals surface area contributed by atoms with Gasteiger partial charge >= 0.3 is 0 Å². The molecule has 1 aromatic heterocycles. The fourth-order valence-corrected chi connectivity index (χ4v) is 3.12. The maximum Gasteiger partial charge on any atom is 0.224 e. The smallest absolute Gasteiger partial charge is 0.224 e. The fourth-order valence-electron chi connectivity index (χ4n) is 3.12. The Morgan fingerprint density at radius 2 is 1.96 bits per heavy atom. The molecule has 2 aromatic rings. The molecule has 1 heterocycles. The zero-order valence-electron chi connectivity index (χ0n) is 14.7. The van der Waals surface area contributed by atoms with Gasteiger partial charge < -0.3 is 15.4 Å². The van der Waals surface area contributed by atoms with E-state index >= 15 is 0 Å². The zero-order chi connectivity index (χ0) is 17.2. The van der Waals surface area contributed by atoms with Crippen LogP contribution in [0.3, 0.4) is 0 Å². The Hall–Kier alpha value is -1.81. The Morgan fingerprint density at radius 1 is 1.30 bits per heavy atom. The van der Waals surface area contributed by atoms with Gasteiger partial charge in [0, 0.05) is 28.6 Å². The van der Waals surface area contributed by atoms with Gasteiger partial charge in [-0.2, -0.15) is 0 Å². The highest BCUT2D eigenvalue weighted by Gasteiger charge is 2.30. The van der Waals surface area contributed by atoms with Crippen LogP contribution in [0, 0.1) is 18.3 Å². The number of aliphatic hydroxyl groups is 1. The van der Waals surface area contributed by atoms with E-state index in [-0.39, 0.29) is 17.2 Å². The van der Waals surface area contributed by atoms with Gasteiger partial charge in [0.25, 0.3) is 0 Å². The number of rotatable bonds is 6. The first-order valence-corrected chi connectivity index (χ1v) is 8.23. The predicted octanol–water partition coefficient (Wildman–Crippen LogP) is 3.18. The first-order valence-electron chi connectivity index (χ1n) is 8.23. The number of benzene rings is 1. The van der Waals surface area contributed by atoms with Crippen molar-refractivity contribution in [3.8, 4) is 0 Å². The molecule has 0 saturated heterocycles. The molecule has 4 heteroatoms. The average molecular weight is 316 g/mol. The van der Waals surface area contributed by atoms with Gasteiger partial charge in [0.05, 0.1) is 12.5 Å². The molecule has 1 amide bonds. The minimum atomic E-state index is -0.447. The van der Waals surface area contributed by atoms with Crippen molar-refractivity contribution in [2.75, 3.05) is 6.54 Å². The molecule has 0 bridgehead atoms. The molecule has 126 valence electrons. The zero-order valence-corrected chi connectivity index (χ0v) is 14.7.